The molecule has 0 saturated heterocycles. The van der Waals surface area contributed by atoms with E-state index in [2.05, 4.69) is 18.9 Å². The van der Waals surface area contributed by atoms with Gasteiger partial charge in [0.05, 0.1) is 0 Å². The van der Waals surface area contributed by atoms with Crippen LogP contribution in [0.5, 0.6) is 0 Å². The minimum Gasteiger partial charge on any atom is -0.303 e. The second-order valence-electron chi connectivity index (χ2n) is 3.27. The van der Waals surface area contributed by atoms with E-state index < -0.39 is 0 Å². The SMILES string of the molecule is [CH2]CCN(C)C1CCCC1. The largest absolute Gasteiger partial charge is 0.303 e. The van der Waals surface area contributed by atoms with E-state index >= 15 is 0 Å². The van der Waals surface area contributed by atoms with E-state index in [-0.39, 0.29) is 0 Å². The van der Waals surface area contributed by atoms with Crippen LogP contribution < -0.4 is 0 Å². The van der Waals surface area contributed by atoms with Crippen LogP contribution in [-0.4, -0.2) is 24.5 Å². The molecule has 1 rings (SSSR count). The van der Waals surface area contributed by atoms with Crippen molar-refractivity contribution in [1.82, 2.24) is 4.90 Å². The summed E-state index contributed by atoms with van der Waals surface area (Å²) in [6.45, 7) is 5.03. The summed E-state index contributed by atoms with van der Waals surface area (Å²) < 4.78 is 0. The summed E-state index contributed by atoms with van der Waals surface area (Å²) in [4.78, 5) is 2.46. The summed E-state index contributed by atoms with van der Waals surface area (Å²) in [6.07, 6.45) is 6.75. The smallest absolute Gasteiger partial charge is 0.00922 e. The van der Waals surface area contributed by atoms with Crippen molar-refractivity contribution in [2.45, 2.75) is 38.1 Å². The van der Waals surface area contributed by atoms with Crippen molar-refractivity contribution in [2.75, 3.05) is 13.6 Å². The molecule has 0 spiro atoms. The molecule has 1 aliphatic carbocycles. The molecule has 0 aliphatic heterocycles. The molecule has 59 valence electrons. The van der Waals surface area contributed by atoms with E-state index in [0.29, 0.717) is 0 Å². The van der Waals surface area contributed by atoms with Gasteiger partial charge in [0, 0.05) is 6.04 Å². The maximum Gasteiger partial charge on any atom is 0.00922 e. The van der Waals surface area contributed by atoms with Crippen molar-refractivity contribution in [2.24, 2.45) is 0 Å². The highest BCUT2D eigenvalue weighted by Gasteiger charge is 2.17. The molecule has 0 unspecified atom stereocenters. The van der Waals surface area contributed by atoms with E-state index in [9.17, 15) is 0 Å². The molecule has 0 atom stereocenters. The monoisotopic (exact) mass is 140 g/mol. The van der Waals surface area contributed by atoms with E-state index in [1.807, 2.05) is 0 Å². The third kappa shape index (κ3) is 1.98. The Morgan fingerprint density at radius 3 is 2.50 bits per heavy atom. The van der Waals surface area contributed by atoms with Crippen molar-refractivity contribution >= 4 is 0 Å². The first-order valence-electron chi connectivity index (χ1n) is 4.34. The Morgan fingerprint density at radius 2 is 2.00 bits per heavy atom. The Bertz CT molecular complexity index is 84.7. The predicted octanol–water partition coefficient (Wildman–Crippen LogP) is 2.08. The lowest BCUT2D eigenvalue weighted by Crippen LogP contribution is -2.29. The van der Waals surface area contributed by atoms with Crippen LogP contribution in [0.1, 0.15) is 32.1 Å². The standard InChI is InChI=1S/C9H18N/c1-3-8-10(2)9-6-4-5-7-9/h9H,1,3-8H2,2H3. The van der Waals surface area contributed by atoms with Crippen molar-refractivity contribution in [1.29, 1.82) is 0 Å². The van der Waals surface area contributed by atoms with Gasteiger partial charge >= 0.3 is 0 Å². The van der Waals surface area contributed by atoms with Crippen molar-refractivity contribution in [3.05, 3.63) is 6.92 Å². The lowest BCUT2D eigenvalue weighted by atomic mass is 10.2. The first-order chi connectivity index (χ1) is 4.84. The van der Waals surface area contributed by atoms with Gasteiger partial charge in [-0.25, -0.2) is 0 Å². The zero-order valence-electron chi connectivity index (χ0n) is 6.97. The minimum absolute atomic E-state index is 0.877. The molecule has 0 aromatic carbocycles. The maximum absolute atomic E-state index is 3.86. The molecule has 1 nitrogen and oxygen atoms in total. The van der Waals surface area contributed by atoms with Gasteiger partial charge in [0.1, 0.15) is 0 Å². The van der Waals surface area contributed by atoms with Gasteiger partial charge in [0.15, 0.2) is 0 Å². The molecule has 0 heterocycles. The topological polar surface area (TPSA) is 3.24 Å². The summed E-state index contributed by atoms with van der Waals surface area (Å²) >= 11 is 0. The average Bonchev–Trinajstić information content (AvgIpc) is 2.38. The highest BCUT2D eigenvalue weighted by atomic mass is 15.1. The van der Waals surface area contributed by atoms with Gasteiger partial charge in [-0.15, -0.1) is 0 Å². The Hall–Kier alpha value is -0.0400. The van der Waals surface area contributed by atoms with Gasteiger partial charge < -0.3 is 4.90 Å². The molecule has 10 heavy (non-hydrogen) atoms. The Morgan fingerprint density at radius 1 is 1.40 bits per heavy atom. The fraction of sp³-hybridized carbons (Fsp3) is 0.889. The van der Waals surface area contributed by atoms with Crippen molar-refractivity contribution < 1.29 is 0 Å². The molecule has 1 heteroatoms. The Balaban J connectivity index is 2.18. The molecule has 0 bridgehead atoms. The van der Waals surface area contributed by atoms with Gasteiger partial charge in [0.2, 0.25) is 0 Å². The quantitative estimate of drug-likeness (QED) is 0.580. The third-order valence-electron chi connectivity index (χ3n) is 2.46. The van der Waals surface area contributed by atoms with Crippen LogP contribution >= 0.6 is 0 Å². The number of hydrogen-bond donors (Lipinski definition) is 0. The summed E-state index contributed by atoms with van der Waals surface area (Å²) in [6, 6.07) is 0.877. The molecule has 0 amide bonds. The number of nitrogens with zero attached hydrogens (tertiary/aromatic N) is 1. The summed E-state index contributed by atoms with van der Waals surface area (Å²) in [7, 11) is 2.22. The van der Waals surface area contributed by atoms with Gasteiger partial charge in [-0.2, -0.15) is 0 Å². The second-order valence-corrected chi connectivity index (χ2v) is 3.27. The highest BCUT2D eigenvalue weighted by molar-refractivity contribution is 4.74. The minimum atomic E-state index is 0.877. The molecule has 0 aromatic heterocycles. The van der Waals surface area contributed by atoms with Crippen LogP contribution in [0.2, 0.25) is 0 Å². The van der Waals surface area contributed by atoms with Crippen molar-refractivity contribution in [3.63, 3.8) is 0 Å². The lowest BCUT2D eigenvalue weighted by Gasteiger charge is -2.22. The molecular weight excluding hydrogens is 122 g/mol. The highest BCUT2D eigenvalue weighted by Crippen LogP contribution is 2.22. The zero-order valence-corrected chi connectivity index (χ0v) is 6.97. The molecule has 1 fully saturated rings. The predicted molar refractivity (Wildman–Crippen MR) is 44.9 cm³/mol. The second kappa shape index (κ2) is 3.97. The number of rotatable bonds is 3. The van der Waals surface area contributed by atoms with Crippen LogP contribution in [0.4, 0.5) is 0 Å². The van der Waals surface area contributed by atoms with Crippen molar-refractivity contribution in [3.8, 4) is 0 Å². The number of hydrogen-bond acceptors (Lipinski definition) is 1. The van der Waals surface area contributed by atoms with E-state index in [4.69, 9.17) is 0 Å². The molecule has 1 aliphatic rings. The first-order valence-corrected chi connectivity index (χ1v) is 4.34. The normalized spacial score (nSPS) is 20.7. The Labute approximate surface area is 64.4 Å². The van der Waals surface area contributed by atoms with Gasteiger partial charge in [-0.3, -0.25) is 0 Å². The van der Waals surface area contributed by atoms with Crippen LogP contribution in [0.25, 0.3) is 0 Å². The molecule has 0 N–H and O–H groups in total. The molecule has 0 aromatic rings. The van der Waals surface area contributed by atoms with E-state index in [1.165, 1.54) is 32.2 Å². The molecule has 1 radical (unpaired) electrons. The first kappa shape index (κ1) is 8.06. The fourth-order valence-electron chi connectivity index (χ4n) is 1.78. The Kier molecular flexibility index (Phi) is 3.20. The zero-order chi connectivity index (χ0) is 7.40. The van der Waals surface area contributed by atoms with Crippen LogP contribution in [0.15, 0.2) is 0 Å². The van der Waals surface area contributed by atoms with Crippen LogP contribution in [0, 0.1) is 6.92 Å². The van der Waals surface area contributed by atoms with Gasteiger partial charge in [-0.05, 0) is 32.9 Å². The van der Waals surface area contributed by atoms with Crippen LogP contribution in [0.3, 0.4) is 0 Å². The third-order valence-corrected chi connectivity index (χ3v) is 2.46. The van der Waals surface area contributed by atoms with Crippen LogP contribution in [-0.2, 0) is 0 Å². The summed E-state index contributed by atoms with van der Waals surface area (Å²) in [5.74, 6) is 0. The molecular formula is C9H18N. The van der Waals surface area contributed by atoms with E-state index in [0.717, 1.165) is 12.5 Å². The summed E-state index contributed by atoms with van der Waals surface area (Å²) in [5.41, 5.74) is 0. The van der Waals surface area contributed by atoms with Gasteiger partial charge in [-0.1, -0.05) is 19.8 Å². The van der Waals surface area contributed by atoms with E-state index in [1.54, 1.807) is 0 Å². The van der Waals surface area contributed by atoms with Gasteiger partial charge in [0.25, 0.3) is 0 Å². The lowest BCUT2D eigenvalue weighted by molar-refractivity contribution is 0.250. The summed E-state index contributed by atoms with van der Waals surface area (Å²) in [5, 5.41) is 0. The molecule has 1 saturated carbocycles. The average molecular weight is 140 g/mol. The fourth-order valence-corrected chi connectivity index (χ4v) is 1.78. The maximum atomic E-state index is 3.86.